The highest BCUT2D eigenvalue weighted by Gasteiger charge is 2.51. The van der Waals surface area contributed by atoms with E-state index in [0.29, 0.717) is 5.56 Å². The highest BCUT2D eigenvalue weighted by molar-refractivity contribution is 6.33. The number of carboxylic acids is 1. The van der Waals surface area contributed by atoms with Crippen LogP contribution in [0.5, 0.6) is 0 Å². The molecule has 0 spiro atoms. The van der Waals surface area contributed by atoms with Gasteiger partial charge in [0, 0.05) is 12.8 Å². The molecule has 1 aromatic rings. The Morgan fingerprint density at radius 2 is 1.91 bits per heavy atom. The van der Waals surface area contributed by atoms with Gasteiger partial charge in [0.05, 0.1) is 10.7 Å². The summed E-state index contributed by atoms with van der Waals surface area (Å²) in [6, 6.07) is 4.53. The maximum absolute atomic E-state index is 11.8. The second-order valence-electron chi connectivity index (χ2n) is 6.60. The lowest BCUT2D eigenvalue weighted by Crippen LogP contribution is -2.48. The molecule has 0 unspecified atom stereocenters. The first-order valence-corrected chi connectivity index (χ1v) is 7.46. The molecule has 1 saturated carbocycles. The summed E-state index contributed by atoms with van der Waals surface area (Å²) in [6.45, 7) is 5.18. The SMILES string of the molecule is CC(C)(C)OC(=O)Nc1cc(C2(C(=O)O)CC(=O)C2)ccc1Cl. The zero-order valence-corrected chi connectivity index (χ0v) is 13.9. The van der Waals surface area contributed by atoms with Crippen molar-refractivity contribution in [3.63, 3.8) is 0 Å². The molecule has 2 rings (SSSR count). The van der Waals surface area contributed by atoms with Gasteiger partial charge in [-0.15, -0.1) is 0 Å². The third-order valence-electron chi connectivity index (χ3n) is 3.56. The van der Waals surface area contributed by atoms with Gasteiger partial charge in [-0.05, 0) is 38.5 Å². The number of halogens is 1. The summed E-state index contributed by atoms with van der Waals surface area (Å²) in [5.41, 5.74) is -1.23. The van der Waals surface area contributed by atoms with E-state index in [9.17, 15) is 19.5 Å². The zero-order chi connectivity index (χ0) is 17.4. The Kier molecular flexibility index (Phi) is 4.39. The maximum atomic E-state index is 11.8. The second kappa shape index (κ2) is 5.85. The van der Waals surface area contributed by atoms with Crippen LogP contribution in [0, 0.1) is 0 Å². The van der Waals surface area contributed by atoms with Crippen molar-refractivity contribution >= 4 is 35.1 Å². The number of Topliss-reactive ketones (excluding diaryl/α,β-unsaturated/α-hetero) is 1. The molecule has 1 amide bonds. The molecule has 0 atom stereocenters. The third kappa shape index (κ3) is 3.64. The van der Waals surface area contributed by atoms with Gasteiger partial charge in [0.15, 0.2) is 0 Å². The van der Waals surface area contributed by atoms with Crippen molar-refractivity contribution in [2.75, 3.05) is 5.32 Å². The minimum absolute atomic E-state index is 0.0597. The van der Waals surface area contributed by atoms with Crippen molar-refractivity contribution in [1.29, 1.82) is 0 Å². The Hall–Kier alpha value is -2.08. The summed E-state index contributed by atoms with van der Waals surface area (Å²) in [7, 11) is 0. The van der Waals surface area contributed by atoms with Gasteiger partial charge in [0.1, 0.15) is 16.8 Å². The molecule has 6 nitrogen and oxygen atoms in total. The molecule has 23 heavy (non-hydrogen) atoms. The average molecular weight is 340 g/mol. The number of benzene rings is 1. The van der Waals surface area contributed by atoms with Crippen LogP contribution in [0.25, 0.3) is 0 Å². The van der Waals surface area contributed by atoms with Gasteiger partial charge in [-0.3, -0.25) is 14.9 Å². The summed E-state index contributed by atoms with van der Waals surface area (Å²) >= 11 is 6.05. The Labute approximate surface area is 138 Å². The fourth-order valence-corrected chi connectivity index (χ4v) is 2.60. The first-order chi connectivity index (χ1) is 10.5. The zero-order valence-electron chi connectivity index (χ0n) is 13.1. The first kappa shape index (κ1) is 17.3. The molecule has 7 heteroatoms. The number of hydrogen-bond acceptors (Lipinski definition) is 4. The van der Waals surface area contributed by atoms with Crippen molar-refractivity contribution in [2.45, 2.75) is 44.6 Å². The van der Waals surface area contributed by atoms with Gasteiger partial charge >= 0.3 is 12.1 Å². The van der Waals surface area contributed by atoms with Crippen LogP contribution in [-0.4, -0.2) is 28.6 Å². The summed E-state index contributed by atoms with van der Waals surface area (Å²) in [5.74, 6) is -1.17. The number of aliphatic carboxylic acids is 1. The van der Waals surface area contributed by atoms with Crippen LogP contribution in [0.1, 0.15) is 39.2 Å². The van der Waals surface area contributed by atoms with Gasteiger partial charge in [-0.1, -0.05) is 17.7 Å². The largest absolute Gasteiger partial charge is 0.481 e. The van der Waals surface area contributed by atoms with Crippen molar-refractivity contribution in [3.8, 4) is 0 Å². The van der Waals surface area contributed by atoms with E-state index >= 15 is 0 Å². The average Bonchev–Trinajstić information content (AvgIpc) is 2.35. The number of nitrogens with one attached hydrogen (secondary N) is 1. The van der Waals surface area contributed by atoms with E-state index in [1.165, 1.54) is 12.1 Å². The number of ether oxygens (including phenoxy) is 1. The first-order valence-electron chi connectivity index (χ1n) is 7.09. The smallest absolute Gasteiger partial charge is 0.412 e. The van der Waals surface area contributed by atoms with Crippen LogP contribution in [0.2, 0.25) is 5.02 Å². The normalized spacial score (nSPS) is 16.4. The standard InChI is InChI=1S/C16H18ClNO5/c1-15(2,3)23-14(22)18-12-6-9(4-5-11(12)17)16(13(20)21)7-10(19)8-16/h4-6H,7-8H2,1-3H3,(H,18,22)(H,20,21). The predicted molar refractivity (Wildman–Crippen MR) is 84.9 cm³/mol. The van der Waals surface area contributed by atoms with Gasteiger partial charge in [0.25, 0.3) is 0 Å². The lowest BCUT2D eigenvalue weighted by molar-refractivity contribution is -0.153. The molecule has 0 bridgehead atoms. The third-order valence-corrected chi connectivity index (χ3v) is 3.89. The highest BCUT2D eigenvalue weighted by Crippen LogP contribution is 2.43. The van der Waals surface area contributed by atoms with Crippen molar-refractivity contribution in [1.82, 2.24) is 0 Å². The number of amides is 1. The molecule has 1 aromatic carbocycles. The predicted octanol–water partition coefficient (Wildman–Crippen LogP) is 3.37. The summed E-state index contributed by atoms with van der Waals surface area (Å²) < 4.78 is 5.15. The molecule has 0 heterocycles. The Morgan fingerprint density at radius 3 is 2.39 bits per heavy atom. The highest BCUT2D eigenvalue weighted by atomic mass is 35.5. The summed E-state index contributed by atoms with van der Waals surface area (Å²) in [4.78, 5) is 34.7. The van der Waals surface area contributed by atoms with Crippen molar-refractivity contribution in [2.24, 2.45) is 0 Å². The number of carbonyl (C=O) groups excluding carboxylic acids is 2. The molecular formula is C16H18ClNO5. The molecular weight excluding hydrogens is 322 g/mol. The van der Waals surface area contributed by atoms with Crippen molar-refractivity contribution in [3.05, 3.63) is 28.8 Å². The number of ketones is 1. The molecule has 0 saturated heterocycles. The van der Waals surface area contributed by atoms with Crippen LogP contribution in [0.4, 0.5) is 10.5 Å². The van der Waals surface area contributed by atoms with Gasteiger partial charge < -0.3 is 9.84 Å². The Bertz CT molecular complexity index is 670. The topological polar surface area (TPSA) is 92.7 Å². The lowest BCUT2D eigenvalue weighted by Gasteiger charge is -2.36. The number of carboxylic acid groups (broad SMARTS) is 1. The fourth-order valence-electron chi connectivity index (χ4n) is 2.43. The van der Waals surface area contributed by atoms with E-state index in [2.05, 4.69) is 5.32 Å². The van der Waals surface area contributed by atoms with E-state index in [0.717, 1.165) is 0 Å². The van der Waals surface area contributed by atoms with Gasteiger partial charge in [-0.25, -0.2) is 4.79 Å². The number of anilines is 1. The summed E-state index contributed by atoms with van der Waals surface area (Å²) in [6.07, 6.45) is -0.809. The molecule has 1 fully saturated rings. The van der Waals surface area contributed by atoms with Gasteiger partial charge in [-0.2, -0.15) is 0 Å². The lowest BCUT2D eigenvalue weighted by atomic mass is 9.63. The van der Waals surface area contributed by atoms with Crippen LogP contribution in [0.3, 0.4) is 0 Å². The molecule has 2 N–H and O–H groups in total. The van der Waals surface area contributed by atoms with Crippen LogP contribution >= 0.6 is 11.6 Å². The van der Waals surface area contributed by atoms with E-state index in [1.54, 1.807) is 26.8 Å². The maximum Gasteiger partial charge on any atom is 0.412 e. The molecule has 1 aliphatic carbocycles. The van der Waals surface area contributed by atoms with E-state index in [-0.39, 0.29) is 29.3 Å². The van der Waals surface area contributed by atoms with E-state index < -0.39 is 23.1 Å². The van der Waals surface area contributed by atoms with E-state index in [4.69, 9.17) is 16.3 Å². The molecule has 0 aliphatic heterocycles. The Morgan fingerprint density at radius 1 is 1.30 bits per heavy atom. The molecule has 0 radical (unpaired) electrons. The number of rotatable bonds is 3. The van der Waals surface area contributed by atoms with Crippen molar-refractivity contribution < 1.29 is 24.2 Å². The van der Waals surface area contributed by atoms with E-state index in [1.807, 2.05) is 0 Å². The summed E-state index contributed by atoms with van der Waals surface area (Å²) in [5, 5.41) is 12.2. The van der Waals surface area contributed by atoms with Gasteiger partial charge in [0.2, 0.25) is 0 Å². The monoisotopic (exact) mass is 339 g/mol. The number of carbonyl (C=O) groups is 3. The molecule has 1 aliphatic rings. The molecule has 124 valence electrons. The molecule has 0 aromatic heterocycles. The minimum atomic E-state index is -1.24. The quantitative estimate of drug-likeness (QED) is 0.880. The Balaban J connectivity index is 2.27. The fraction of sp³-hybridized carbons (Fsp3) is 0.438. The van der Waals surface area contributed by atoms with Crippen LogP contribution in [-0.2, 0) is 19.7 Å². The minimum Gasteiger partial charge on any atom is -0.481 e. The van der Waals surface area contributed by atoms with Crippen LogP contribution in [0.15, 0.2) is 18.2 Å². The second-order valence-corrected chi connectivity index (χ2v) is 7.01. The number of hydrogen-bond donors (Lipinski definition) is 2. The van der Waals surface area contributed by atoms with Crippen LogP contribution < -0.4 is 5.32 Å².